The molecule has 1 amide bonds. The van der Waals surface area contributed by atoms with E-state index >= 15 is 0 Å². The highest BCUT2D eigenvalue weighted by molar-refractivity contribution is 7.13. The molecule has 1 heterocycles. The van der Waals surface area contributed by atoms with E-state index in [9.17, 15) is 9.59 Å². The summed E-state index contributed by atoms with van der Waals surface area (Å²) in [5.74, 6) is -0.207. The number of carbonyl (C=O) groups excluding carboxylic acids is 2. The zero-order valence-electron chi connectivity index (χ0n) is 16.5. The number of aryl methyl sites for hydroxylation is 1. The summed E-state index contributed by atoms with van der Waals surface area (Å²) in [5, 5.41) is 5.38. The van der Waals surface area contributed by atoms with Gasteiger partial charge in [0.05, 0.1) is 19.2 Å². The Bertz CT molecular complexity index is 981. The van der Waals surface area contributed by atoms with Gasteiger partial charge < -0.3 is 14.8 Å². The zero-order chi connectivity index (χ0) is 20.8. The number of amides is 1. The lowest BCUT2D eigenvalue weighted by Gasteiger charge is -2.13. The lowest BCUT2D eigenvalue weighted by Crippen LogP contribution is -2.30. The lowest BCUT2D eigenvalue weighted by molar-refractivity contribution is -0.152. The number of ether oxygens (including phenoxy) is 2. The topological polar surface area (TPSA) is 77.5 Å². The maximum Gasteiger partial charge on any atom is 0.312 e. The van der Waals surface area contributed by atoms with Crippen LogP contribution >= 0.6 is 11.3 Å². The molecule has 0 aliphatic carbocycles. The number of carbonyl (C=O) groups is 2. The van der Waals surface area contributed by atoms with Gasteiger partial charge >= 0.3 is 5.97 Å². The molecule has 3 rings (SSSR count). The van der Waals surface area contributed by atoms with Gasteiger partial charge in [0.1, 0.15) is 10.8 Å². The third-order valence-electron chi connectivity index (χ3n) is 4.21. The summed E-state index contributed by atoms with van der Waals surface area (Å²) in [6.45, 7) is 3.56. The highest BCUT2D eigenvalue weighted by Gasteiger charge is 2.19. The molecule has 150 valence electrons. The van der Waals surface area contributed by atoms with Gasteiger partial charge in [-0.25, -0.2) is 4.98 Å². The van der Waals surface area contributed by atoms with Crippen molar-refractivity contribution in [3.05, 3.63) is 65.2 Å². The molecule has 29 heavy (non-hydrogen) atoms. The first kappa shape index (κ1) is 20.5. The van der Waals surface area contributed by atoms with Crippen LogP contribution in [0.25, 0.3) is 10.6 Å². The fourth-order valence-electron chi connectivity index (χ4n) is 2.58. The van der Waals surface area contributed by atoms with Crippen LogP contribution in [0.5, 0.6) is 5.75 Å². The van der Waals surface area contributed by atoms with Gasteiger partial charge in [-0.3, -0.25) is 9.59 Å². The van der Waals surface area contributed by atoms with E-state index in [0.29, 0.717) is 17.1 Å². The van der Waals surface area contributed by atoms with Gasteiger partial charge in [0.25, 0.3) is 5.91 Å². The van der Waals surface area contributed by atoms with Gasteiger partial charge in [0.2, 0.25) is 0 Å². The Balaban J connectivity index is 1.53. The predicted molar refractivity (Wildman–Crippen MR) is 113 cm³/mol. The van der Waals surface area contributed by atoms with Gasteiger partial charge in [0, 0.05) is 16.6 Å². The van der Waals surface area contributed by atoms with Crippen LogP contribution in [0.4, 0.5) is 5.69 Å². The van der Waals surface area contributed by atoms with Crippen LogP contribution in [0, 0.1) is 6.92 Å². The second-order valence-electron chi connectivity index (χ2n) is 6.54. The molecule has 0 fully saturated rings. The van der Waals surface area contributed by atoms with Crippen molar-refractivity contribution in [3.8, 4) is 16.3 Å². The van der Waals surface area contributed by atoms with E-state index in [0.717, 1.165) is 10.6 Å². The van der Waals surface area contributed by atoms with Crippen molar-refractivity contribution in [1.82, 2.24) is 4.98 Å². The first-order valence-corrected chi connectivity index (χ1v) is 9.98. The number of hydrogen-bond donors (Lipinski definition) is 1. The molecule has 1 aromatic heterocycles. The largest absolute Gasteiger partial charge is 0.497 e. The molecule has 0 aliphatic rings. The quantitative estimate of drug-likeness (QED) is 0.590. The van der Waals surface area contributed by atoms with Gasteiger partial charge in [0.15, 0.2) is 6.10 Å². The average Bonchev–Trinajstić information content (AvgIpc) is 3.17. The molecular formula is C22H22N2O4S. The number of rotatable bonds is 7. The molecule has 0 unspecified atom stereocenters. The molecule has 0 spiro atoms. The molecule has 1 N–H and O–H groups in total. The van der Waals surface area contributed by atoms with Crippen molar-refractivity contribution in [2.45, 2.75) is 26.4 Å². The summed E-state index contributed by atoms with van der Waals surface area (Å²) in [6, 6.07) is 15.0. The van der Waals surface area contributed by atoms with Crippen molar-refractivity contribution in [3.63, 3.8) is 0 Å². The summed E-state index contributed by atoms with van der Waals surface area (Å²) in [5.41, 5.74) is 3.41. The number of thiazole rings is 1. The van der Waals surface area contributed by atoms with Crippen LogP contribution in [0.15, 0.2) is 53.9 Å². The van der Waals surface area contributed by atoms with Gasteiger partial charge in [-0.2, -0.15) is 0 Å². The Hall–Kier alpha value is -3.19. The zero-order valence-corrected chi connectivity index (χ0v) is 17.3. The van der Waals surface area contributed by atoms with E-state index in [2.05, 4.69) is 10.3 Å². The number of methoxy groups -OCH3 is 1. The minimum Gasteiger partial charge on any atom is -0.497 e. The maximum atomic E-state index is 12.2. The van der Waals surface area contributed by atoms with E-state index in [1.807, 2.05) is 36.6 Å². The van der Waals surface area contributed by atoms with Crippen molar-refractivity contribution in [2.24, 2.45) is 0 Å². The molecule has 6 nitrogen and oxygen atoms in total. The molecule has 0 saturated carbocycles. The number of hydrogen-bond acceptors (Lipinski definition) is 6. The lowest BCUT2D eigenvalue weighted by atomic mass is 10.2. The van der Waals surface area contributed by atoms with Gasteiger partial charge in [-0.1, -0.05) is 29.8 Å². The average molecular weight is 410 g/mol. The highest BCUT2D eigenvalue weighted by atomic mass is 32.1. The summed E-state index contributed by atoms with van der Waals surface area (Å²) < 4.78 is 10.3. The molecule has 0 aliphatic heterocycles. The normalized spacial score (nSPS) is 11.6. The SMILES string of the molecule is COc1ccc(NC(=O)[C@H](C)OC(=O)Cc2csc(-c3ccc(C)cc3)n2)cc1. The number of aromatic nitrogens is 1. The predicted octanol–water partition coefficient (Wildman–Crippen LogP) is 4.24. The van der Waals surface area contributed by atoms with Crippen molar-refractivity contribution in [2.75, 3.05) is 12.4 Å². The van der Waals surface area contributed by atoms with Crippen LogP contribution in [-0.4, -0.2) is 30.1 Å². The van der Waals surface area contributed by atoms with E-state index in [4.69, 9.17) is 9.47 Å². The molecule has 2 aromatic carbocycles. The molecule has 1 atom stereocenters. The molecule has 0 radical (unpaired) electrons. The summed E-state index contributed by atoms with van der Waals surface area (Å²) >= 11 is 1.47. The Kier molecular flexibility index (Phi) is 6.61. The maximum absolute atomic E-state index is 12.2. The summed E-state index contributed by atoms with van der Waals surface area (Å²) in [7, 11) is 1.57. The first-order chi connectivity index (χ1) is 13.9. The molecule has 3 aromatic rings. The molecule has 0 saturated heterocycles. The molecule has 7 heteroatoms. The number of benzene rings is 2. The first-order valence-electron chi connectivity index (χ1n) is 9.10. The molecule has 0 bridgehead atoms. The smallest absolute Gasteiger partial charge is 0.312 e. The highest BCUT2D eigenvalue weighted by Crippen LogP contribution is 2.24. The summed E-state index contributed by atoms with van der Waals surface area (Å²) in [4.78, 5) is 28.9. The second-order valence-corrected chi connectivity index (χ2v) is 7.39. The van der Waals surface area contributed by atoms with Crippen molar-refractivity contribution in [1.29, 1.82) is 0 Å². The Labute approximate surface area is 173 Å². The monoisotopic (exact) mass is 410 g/mol. The Morgan fingerprint density at radius 1 is 1.10 bits per heavy atom. The number of anilines is 1. The van der Waals surface area contributed by atoms with Crippen LogP contribution in [0.2, 0.25) is 0 Å². The fourth-order valence-corrected chi connectivity index (χ4v) is 3.40. The van der Waals surface area contributed by atoms with Crippen molar-refractivity contribution >= 4 is 28.9 Å². The van der Waals surface area contributed by atoms with Crippen LogP contribution in [-0.2, 0) is 20.7 Å². The van der Waals surface area contributed by atoms with Crippen LogP contribution < -0.4 is 10.1 Å². The third-order valence-corrected chi connectivity index (χ3v) is 5.15. The van der Waals surface area contributed by atoms with E-state index in [1.165, 1.54) is 23.8 Å². The van der Waals surface area contributed by atoms with E-state index in [-0.39, 0.29) is 6.42 Å². The van der Waals surface area contributed by atoms with E-state index in [1.54, 1.807) is 31.4 Å². The summed E-state index contributed by atoms with van der Waals surface area (Å²) in [6.07, 6.45) is -0.900. The number of esters is 1. The van der Waals surface area contributed by atoms with Crippen LogP contribution in [0.3, 0.4) is 0 Å². The third kappa shape index (κ3) is 5.65. The minimum atomic E-state index is -0.917. The Morgan fingerprint density at radius 3 is 2.45 bits per heavy atom. The number of nitrogens with zero attached hydrogens (tertiary/aromatic N) is 1. The molecular weight excluding hydrogens is 388 g/mol. The van der Waals surface area contributed by atoms with Gasteiger partial charge in [-0.15, -0.1) is 11.3 Å². The van der Waals surface area contributed by atoms with Crippen molar-refractivity contribution < 1.29 is 19.1 Å². The Morgan fingerprint density at radius 2 is 1.79 bits per heavy atom. The van der Waals surface area contributed by atoms with E-state index < -0.39 is 18.0 Å². The minimum absolute atomic E-state index is 0.0164. The standard InChI is InChI=1S/C22H22N2O4S/c1-14-4-6-16(7-5-14)22-24-18(13-29-22)12-20(25)28-15(2)21(26)23-17-8-10-19(27-3)11-9-17/h4-11,13,15H,12H2,1-3H3,(H,23,26)/t15-/m0/s1. The fraction of sp³-hybridized carbons (Fsp3) is 0.227. The number of nitrogens with one attached hydrogen (secondary N) is 1. The van der Waals surface area contributed by atoms with Gasteiger partial charge in [-0.05, 0) is 38.1 Å². The van der Waals surface area contributed by atoms with Crippen LogP contribution in [0.1, 0.15) is 18.2 Å². The second kappa shape index (κ2) is 9.34.